The first kappa shape index (κ1) is 15.9. The maximum absolute atomic E-state index is 5.42. The quantitative estimate of drug-likeness (QED) is 0.842. The Morgan fingerprint density at radius 1 is 1.10 bits per heavy atom. The monoisotopic (exact) mass is 349 g/mol. The van der Waals surface area contributed by atoms with Crippen LogP contribution in [0.2, 0.25) is 0 Å². The van der Waals surface area contributed by atoms with Crippen LogP contribution >= 0.6 is 15.9 Å². The number of nitrogens with one attached hydrogen (secondary N) is 1. The molecule has 0 amide bonds. The normalized spacial score (nSPS) is 12.0. The van der Waals surface area contributed by atoms with Crippen LogP contribution in [0.15, 0.2) is 46.9 Å². The summed E-state index contributed by atoms with van der Waals surface area (Å²) in [5.74, 6) is 1.64. The van der Waals surface area contributed by atoms with Crippen LogP contribution in [0.25, 0.3) is 0 Å². The number of methoxy groups -OCH3 is 2. The molecular formula is C17H20BrNO2. The van der Waals surface area contributed by atoms with Gasteiger partial charge in [0.05, 0.1) is 14.2 Å². The van der Waals surface area contributed by atoms with Gasteiger partial charge in [-0.3, -0.25) is 0 Å². The van der Waals surface area contributed by atoms with Gasteiger partial charge in [0.1, 0.15) is 11.5 Å². The number of halogens is 1. The van der Waals surface area contributed by atoms with Crippen LogP contribution < -0.4 is 14.8 Å². The molecule has 2 aromatic carbocycles. The van der Waals surface area contributed by atoms with Crippen molar-refractivity contribution in [3.05, 3.63) is 58.1 Å². The Kier molecular flexibility index (Phi) is 5.65. The van der Waals surface area contributed by atoms with Crippen molar-refractivity contribution in [2.75, 3.05) is 14.2 Å². The molecule has 3 nitrogen and oxygen atoms in total. The molecule has 2 rings (SSSR count). The van der Waals surface area contributed by atoms with Gasteiger partial charge in [-0.1, -0.05) is 34.1 Å². The third kappa shape index (κ3) is 4.22. The molecule has 0 spiro atoms. The predicted octanol–water partition coefficient (Wildman–Crippen LogP) is 4.32. The molecule has 21 heavy (non-hydrogen) atoms. The van der Waals surface area contributed by atoms with Crippen molar-refractivity contribution in [2.45, 2.75) is 19.5 Å². The zero-order valence-electron chi connectivity index (χ0n) is 12.5. The van der Waals surface area contributed by atoms with E-state index >= 15 is 0 Å². The summed E-state index contributed by atoms with van der Waals surface area (Å²) in [6, 6.07) is 14.5. The summed E-state index contributed by atoms with van der Waals surface area (Å²) in [5, 5.41) is 3.51. The lowest BCUT2D eigenvalue weighted by atomic mass is 10.1. The molecule has 112 valence electrons. The summed E-state index contributed by atoms with van der Waals surface area (Å²) >= 11 is 3.50. The van der Waals surface area contributed by atoms with Crippen LogP contribution in [0, 0.1) is 0 Å². The fourth-order valence-corrected chi connectivity index (χ4v) is 2.57. The highest BCUT2D eigenvalue weighted by atomic mass is 79.9. The molecule has 0 aliphatic heterocycles. The maximum atomic E-state index is 5.42. The van der Waals surface area contributed by atoms with Gasteiger partial charge in [0.15, 0.2) is 0 Å². The van der Waals surface area contributed by atoms with Crippen molar-refractivity contribution < 1.29 is 9.47 Å². The third-order valence-corrected chi connectivity index (χ3v) is 3.93. The van der Waals surface area contributed by atoms with Gasteiger partial charge < -0.3 is 14.8 Å². The Bertz CT molecular complexity index is 601. The van der Waals surface area contributed by atoms with E-state index < -0.39 is 0 Å². The molecule has 0 saturated carbocycles. The molecule has 0 aromatic heterocycles. The fourth-order valence-electron chi connectivity index (χ4n) is 2.15. The van der Waals surface area contributed by atoms with Gasteiger partial charge in [-0.15, -0.1) is 0 Å². The smallest absolute Gasteiger partial charge is 0.127 e. The lowest BCUT2D eigenvalue weighted by molar-refractivity contribution is 0.389. The zero-order valence-corrected chi connectivity index (χ0v) is 14.1. The van der Waals surface area contributed by atoms with Crippen molar-refractivity contribution in [2.24, 2.45) is 0 Å². The van der Waals surface area contributed by atoms with E-state index in [9.17, 15) is 0 Å². The number of rotatable bonds is 6. The second-order valence-electron chi connectivity index (χ2n) is 4.84. The largest absolute Gasteiger partial charge is 0.497 e. The maximum Gasteiger partial charge on any atom is 0.127 e. The molecule has 1 N–H and O–H groups in total. The molecule has 0 fully saturated rings. The number of benzene rings is 2. The highest BCUT2D eigenvalue weighted by Gasteiger charge is 2.09. The summed E-state index contributed by atoms with van der Waals surface area (Å²) in [6.45, 7) is 2.89. The van der Waals surface area contributed by atoms with Crippen LogP contribution in [-0.2, 0) is 6.54 Å². The van der Waals surface area contributed by atoms with Crippen molar-refractivity contribution in [1.82, 2.24) is 5.32 Å². The minimum Gasteiger partial charge on any atom is -0.497 e. The predicted molar refractivity (Wildman–Crippen MR) is 88.9 cm³/mol. The second kappa shape index (κ2) is 7.48. The minimum atomic E-state index is 0.259. The first-order valence-corrected chi connectivity index (χ1v) is 7.63. The second-order valence-corrected chi connectivity index (χ2v) is 5.75. The molecule has 0 aliphatic carbocycles. The molecule has 0 radical (unpaired) electrons. The minimum absolute atomic E-state index is 0.259. The van der Waals surface area contributed by atoms with Crippen molar-refractivity contribution in [3.8, 4) is 11.5 Å². The first-order valence-electron chi connectivity index (χ1n) is 6.83. The van der Waals surface area contributed by atoms with Gasteiger partial charge in [0, 0.05) is 28.7 Å². The number of hydrogen-bond acceptors (Lipinski definition) is 3. The lowest BCUT2D eigenvalue weighted by Crippen LogP contribution is -2.18. The molecular weight excluding hydrogens is 330 g/mol. The third-order valence-electron chi connectivity index (χ3n) is 3.44. The van der Waals surface area contributed by atoms with Gasteiger partial charge in [-0.05, 0) is 30.7 Å². The Hall–Kier alpha value is -1.52. The number of hydrogen-bond donors (Lipinski definition) is 1. The fraction of sp³-hybridized carbons (Fsp3) is 0.294. The molecule has 0 unspecified atom stereocenters. The average molecular weight is 350 g/mol. The van der Waals surface area contributed by atoms with E-state index in [2.05, 4.69) is 40.3 Å². The molecule has 0 aliphatic rings. The summed E-state index contributed by atoms with van der Waals surface area (Å²) < 4.78 is 11.7. The molecule has 0 saturated heterocycles. The van der Waals surface area contributed by atoms with Crippen LogP contribution in [0.5, 0.6) is 11.5 Å². The summed E-state index contributed by atoms with van der Waals surface area (Å²) in [5.41, 5.74) is 2.36. The molecule has 0 bridgehead atoms. The van der Waals surface area contributed by atoms with E-state index in [0.29, 0.717) is 0 Å². The van der Waals surface area contributed by atoms with Crippen molar-refractivity contribution in [1.29, 1.82) is 0 Å². The van der Waals surface area contributed by atoms with Crippen LogP contribution in [-0.4, -0.2) is 14.2 Å². The van der Waals surface area contributed by atoms with Crippen molar-refractivity contribution in [3.63, 3.8) is 0 Å². The van der Waals surface area contributed by atoms with E-state index in [1.807, 2.05) is 30.3 Å². The van der Waals surface area contributed by atoms with E-state index in [1.54, 1.807) is 14.2 Å². The van der Waals surface area contributed by atoms with Gasteiger partial charge in [-0.25, -0.2) is 0 Å². The topological polar surface area (TPSA) is 30.5 Å². The van der Waals surface area contributed by atoms with Crippen LogP contribution in [0.1, 0.15) is 24.1 Å². The SMILES string of the molecule is COc1ccc(CN[C@@H](C)c2cccc(Br)c2)c(OC)c1. The summed E-state index contributed by atoms with van der Waals surface area (Å²) in [6.07, 6.45) is 0. The van der Waals surface area contributed by atoms with E-state index in [-0.39, 0.29) is 6.04 Å². The Morgan fingerprint density at radius 3 is 2.57 bits per heavy atom. The highest BCUT2D eigenvalue weighted by Crippen LogP contribution is 2.25. The molecule has 2 aromatic rings. The van der Waals surface area contributed by atoms with Crippen LogP contribution in [0.3, 0.4) is 0 Å². The molecule has 4 heteroatoms. The van der Waals surface area contributed by atoms with E-state index in [1.165, 1.54) is 5.56 Å². The Morgan fingerprint density at radius 2 is 1.90 bits per heavy atom. The summed E-state index contributed by atoms with van der Waals surface area (Å²) in [4.78, 5) is 0. The zero-order chi connectivity index (χ0) is 15.2. The molecule has 0 heterocycles. The molecule has 1 atom stereocenters. The van der Waals surface area contributed by atoms with Crippen molar-refractivity contribution >= 4 is 15.9 Å². The lowest BCUT2D eigenvalue weighted by Gasteiger charge is -2.16. The van der Waals surface area contributed by atoms with E-state index in [0.717, 1.165) is 28.1 Å². The first-order chi connectivity index (χ1) is 10.1. The van der Waals surface area contributed by atoms with Gasteiger partial charge in [0.25, 0.3) is 0 Å². The van der Waals surface area contributed by atoms with Crippen LogP contribution in [0.4, 0.5) is 0 Å². The Balaban J connectivity index is 2.05. The standard InChI is InChI=1S/C17H20BrNO2/c1-12(13-5-4-6-15(18)9-13)19-11-14-7-8-16(20-2)10-17(14)21-3/h4-10,12,19H,11H2,1-3H3/t12-/m0/s1. The van der Waals surface area contributed by atoms with Gasteiger partial charge in [-0.2, -0.15) is 0 Å². The number of ether oxygens (including phenoxy) is 2. The average Bonchev–Trinajstić information content (AvgIpc) is 2.52. The van der Waals surface area contributed by atoms with E-state index in [4.69, 9.17) is 9.47 Å². The highest BCUT2D eigenvalue weighted by molar-refractivity contribution is 9.10. The Labute approximate surface area is 134 Å². The summed E-state index contributed by atoms with van der Waals surface area (Å²) in [7, 11) is 3.33. The van der Waals surface area contributed by atoms with Gasteiger partial charge >= 0.3 is 0 Å². The van der Waals surface area contributed by atoms with Gasteiger partial charge in [0.2, 0.25) is 0 Å².